The lowest BCUT2D eigenvalue weighted by Crippen LogP contribution is -2.08. The SMILES string of the molecule is CCCOCCCNc1cccc(C)c1[N+](=O)[O-]. The summed E-state index contributed by atoms with van der Waals surface area (Å²) in [6, 6.07) is 5.30. The highest BCUT2D eigenvalue weighted by molar-refractivity contribution is 5.64. The van der Waals surface area contributed by atoms with E-state index in [2.05, 4.69) is 12.2 Å². The van der Waals surface area contributed by atoms with Crippen molar-refractivity contribution in [1.82, 2.24) is 0 Å². The molecule has 5 heteroatoms. The van der Waals surface area contributed by atoms with Crippen LogP contribution < -0.4 is 5.32 Å². The first-order valence-corrected chi connectivity index (χ1v) is 6.22. The number of nitrogens with zero attached hydrogens (tertiary/aromatic N) is 1. The third kappa shape index (κ3) is 4.33. The number of hydrogen-bond donors (Lipinski definition) is 1. The normalized spacial score (nSPS) is 10.3. The summed E-state index contributed by atoms with van der Waals surface area (Å²) in [5, 5.41) is 14.0. The van der Waals surface area contributed by atoms with E-state index < -0.39 is 0 Å². The highest BCUT2D eigenvalue weighted by Crippen LogP contribution is 2.27. The molecular weight excluding hydrogens is 232 g/mol. The van der Waals surface area contributed by atoms with Gasteiger partial charge in [0.15, 0.2) is 0 Å². The first-order chi connectivity index (χ1) is 8.66. The van der Waals surface area contributed by atoms with E-state index in [1.807, 2.05) is 6.07 Å². The van der Waals surface area contributed by atoms with Crippen molar-refractivity contribution >= 4 is 11.4 Å². The number of nitrogens with one attached hydrogen (secondary N) is 1. The quantitative estimate of drug-likeness (QED) is 0.438. The van der Waals surface area contributed by atoms with Crippen molar-refractivity contribution in [3.05, 3.63) is 33.9 Å². The Morgan fingerprint density at radius 3 is 2.83 bits per heavy atom. The Morgan fingerprint density at radius 2 is 2.17 bits per heavy atom. The van der Waals surface area contributed by atoms with Crippen LogP contribution in [0.15, 0.2) is 18.2 Å². The fourth-order valence-corrected chi connectivity index (χ4v) is 1.69. The minimum Gasteiger partial charge on any atom is -0.381 e. The number of rotatable bonds is 8. The lowest BCUT2D eigenvalue weighted by atomic mass is 10.1. The largest absolute Gasteiger partial charge is 0.381 e. The average molecular weight is 252 g/mol. The molecule has 0 aliphatic heterocycles. The van der Waals surface area contributed by atoms with Gasteiger partial charge in [0.25, 0.3) is 5.69 Å². The van der Waals surface area contributed by atoms with Crippen molar-refractivity contribution in [2.75, 3.05) is 25.1 Å². The zero-order chi connectivity index (χ0) is 13.4. The molecule has 0 spiro atoms. The first-order valence-electron chi connectivity index (χ1n) is 6.22. The maximum Gasteiger partial charge on any atom is 0.295 e. The second kappa shape index (κ2) is 7.66. The zero-order valence-corrected chi connectivity index (χ0v) is 10.9. The number of aryl methyl sites for hydroxylation is 1. The predicted molar refractivity (Wildman–Crippen MR) is 72.1 cm³/mol. The van der Waals surface area contributed by atoms with Crippen molar-refractivity contribution in [2.45, 2.75) is 26.7 Å². The number of hydrogen-bond acceptors (Lipinski definition) is 4. The molecule has 0 bridgehead atoms. The molecule has 0 saturated carbocycles. The molecule has 0 heterocycles. The molecule has 1 aromatic rings. The molecule has 1 N–H and O–H groups in total. The number of nitro benzene ring substituents is 1. The molecule has 1 rings (SSSR count). The van der Waals surface area contributed by atoms with Crippen LogP contribution >= 0.6 is 0 Å². The standard InChI is InChI=1S/C13H20N2O3/c1-3-9-18-10-5-8-14-12-7-4-6-11(2)13(12)15(16)17/h4,6-7,14H,3,5,8-10H2,1-2H3. The van der Waals surface area contributed by atoms with Gasteiger partial charge in [0.1, 0.15) is 5.69 Å². The molecule has 0 aliphatic carbocycles. The minimum atomic E-state index is -0.342. The van der Waals surface area contributed by atoms with Gasteiger partial charge in [0.2, 0.25) is 0 Å². The minimum absolute atomic E-state index is 0.159. The molecule has 0 aromatic heterocycles. The van der Waals surface area contributed by atoms with Crippen LogP contribution in [0.25, 0.3) is 0 Å². The summed E-state index contributed by atoms with van der Waals surface area (Å²) < 4.78 is 5.35. The van der Waals surface area contributed by atoms with Gasteiger partial charge in [0, 0.05) is 25.3 Å². The molecule has 5 nitrogen and oxygen atoms in total. The number of benzene rings is 1. The zero-order valence-electron chi connectivity index (χ0n) is 10.9. The van der Waals surface area contributed by atoms with Crippen molar-refractivity contribution in [3.63, 3.8) is 0 Å². The second-order valence-electron chi connectivity index (χ2n) is 4.12. The number of para-hydroxylation sites is 1. The maximum atomic E-state index is 11.0. The van der Waals surface area contributed by atoms with Crippen molar-refractivity contribution in [1.29, 1.82) is 0 Å². The summed E-state index contributed by atoms with van der Waals surface area (Å²) in [7, 11) is 0. The van der Waals surface area contributed by atoms with Gasteiger partial charge in [-0.2, -0.15) is 0 Å². The van der Waals surface area contributed by atoms with Gasteiger partial charge in [0.05, 0.1) is 4.92 Å². The van der Waals surface area contributed by atoms with Crippen LogP contribution in [0.4, 0.5) is 11.4 Å². The third-order valence-corrected chi connectivity index (χ3v) is 2.55. The van der Waals surface area contributed by atoms with E-state index >= 15 is 0 Å². The maximum absolute atomic E-state index is 11.0. The van der Waals surface area contributed by atoms with Gasteiger partial charge in [-0.15, -0.1) is 0 Å². The topological polar surface area (TPSA) is 64.4 Å². The number of nitro groups is 1. The summed E-state index contributed by atoms with van der Waals surface area (Å²) >= 11 is 0. The molecule has 0 fully saturated rings. The first kappa shape index (κ1) is 14.4. The Hall–Kier alpha value is -1.62. The van der Waals surface area contributed by atoms with Gasteiger partial charge in [-0.3, -0.25) is 10.1 Å². The van der Waals surface area contributed by atoms with E-state index in [9.17, 15) is 10.1 Å². The van der Waals surface area contributed by atoms with E-state index in [1.165, 1.54) is 0 Å². The van der Waals surface area contributed by atoms with Crippen LogP contribution in [-0.2, 0) is 4.74 Å². The summed E-state index contributed by atoms with van der Waals surface area (Å²) in [5.74, 6) is 0. The summed E-state index contributed by atoms with van der Waals surface area (Å²) in [6.45, 7) is 5.93. The summed E-state index contributed by atoms with van der Waals surface area (Å²) in [4.78, 5) is 10.6. The highest BCUT2D eigenvalue weighted by atomic mass is 16.6. The van der Waals surface area contributed by atoms with Crippen molar-refractivity contribution in [3.8, 4) is 0 Å². The number of anilines is 1. The lowest BCUT2D eigenvalue weighted by molar-refractivity contribution is -0.384. The smallest absolute Gasteiger partial charge is 0.295 e. The van der Waals surface area contributed by atoms with Crippen LogP contribution in [0.3, 0.4) is 0 Å². The Labute approximate surface area is 107 Å². The van der Waals surface area contributed by atoms with Gasteiger partial charge < -0.3 is 10.1 Å². The van der Waals surface area contributed by atoms with E-state index in [0.29, 0.717) is 24.4 Å². The molecular formula is C13H20N2O3. The van der Waals surface area contributed by atoms with Crippen LogP contribution in [0.1, 0.15) is 25.3 Å². The van der Waals surface area contributed by atoms with Gasteiger partial charge >= 0.3 is 0 Å². The Kier molecular flexibility index (Phi) is 6.14. The molecule has 0 unspecified atom stereocenters. The van der Waals surface area contributed by atoms with Crippen LogP contribution in [-0.4, -0.2) is 24.7 Å². The van der Waals surface area contributed by atoms with Gasteiger partial charge in [-0.1, -0.05) is 19.1 Å². The Balaban J connectivity index is 2.47. The monoisotopic (exact) mass is 252 g/mol. The lowest BCUT2D eigenvalue weighted by Gasteiger charge is -2.08. The average Bonchev–Trinajstić information content (AvgIpc) is 2.33. The molecule has 0 atom stereocenters. The molecule has 18 heavy (non-hydrogen) atoms. The second-order valence-corrected chi connectivity index (χ2v) is 4.12. The fourth-order valence-electron chi connectivity index (χ4n) is 1.69. The summed E-state index contributed by atoms with van der Waals surface area (Å²) in [6.07, 6.45) is 1.85. The van der Waals surface area contributed by atoms with Crippen molar-refractivity contribution in [2.24, 2.45) is 0 Å². The van der Waals surface area contributed by atoms with E-state index in [0.717, 1.165) is 19.4 Å². The molecule has 100 valence electrons. The van der Waals surface area contributed by atoms with E-state index in [-0.39, 0.29) is 10.6 Å². The Bertz CT molecular complexity index is 394. The third-order valence-electron chi connectivity index (χ3n) is 2.55. The number of ether oxygens (including phenoxy) is 1. The Morgan fingerprint density at radius 1 is 1.39 bits per heavy atom. The highest BCUT2D eigenvalue weighted by Gasteiger charge is 2.15. The van der Waals surface area contributed by atoms with E-state index in [1.54, 1.807) is 19.1 Å². The van der Waals surface area contributed by atoms with Crippen LogP contribution in [0, 0.1) is 17.0 Å². The van der Waals surface area contributed by atoms with Crippen molar-refractivity contribution < 1.29 is 9.66 Å². The van der Waals surface area contributed by atoms with Crippen LogP contribution in [0.2, 0.25) is 0 Å². The molecule has 0 saturated heterocycles. The van der Waals surface area contributed by atoms with Crippen LogP contribution in [0.5, 0.6) is 0 Å². The van der Waals surface area contributed by atoms with E-state index in [4.69, 9.17) is 4.74 Å². The predicted octanol–water partition coefficient (Wildman–Crippen LogP) is 3.13. The molecule has 0 radical (unpaired) electrons. The van der Waals surface area contributed by atoms with Gasteiger partial charge in [-0.25, -0.2) is 0 Å². The molecule has 0 amide bonds. The fraction of sp³-hybridized carbons (Fsp3) is 0.538. The summed E-state index contributed by atoms with van der Waals surface area (Å²) in [5.41, 5.74) is 1.41. The molecule has 0 aliphatic rings. The van der Waals surface area contributed by atoms with Gasteiger partial charge in [-0.05, 0) is 25.8 Å². The molecule has 1 aromatic carbocycles.